The molecule has 8 heteroatoms. The van der Waals surface area contributed by atoms with Gasteiger partial charge in [-0.3, -0.25) is 4.57 Å². The van der Waals surface area contributed by atoms with E-state index in [1.807, 2.05) is 6.92 Å². The first-order valence-electron chi connectivity index (χ1n) is 6.42. The molecule has 112 valence electrons. The Morgan fingerprint density at radius 1 is 1.65 bits per heavy atom. The van der Waals surface area contributed by atoms with Crippen molar-refractivity contribution in [1.82, 2.24) is 9.55 Å². The van der Waals surface area contributed by atoms with Gasteiger partial charge in [-0.1, -0.05) is 6.92 Å². The third-order valence-corrected chi connectivity index (χ3v) is 3.01. The molecular weight excluding hydrogens is 271 g/mol. The maximum atomic E-state index is 13.8. The lowest BCUT2D eigenvalue weighted by Crippen LogP contribution is -2.28. The van der Waals surface area contributed by atoms with Crippen LogP contribution in [-0.4, -0.2) is 45.2 Å². The molecule has 0 aliphatic carbocycles. The van der Waals surface area contributed by atoms with Crippen molar-refractivity contribution in [2.24, 2.45) is 0 Å². The fourth-order valence-electron chi connectivity index (χ4n) is 1.99. The number of aliphatic hydroxyl groups excluding tert-OH is 2. The monoisotopic (exact) mass is 288 g/mol. The predicted molar refractivity (Wildman–Crippen MR) is 65.9 cm³/mol. The molecule has 0 aromatic carbocycles. The average molecular weight is 288 g/mol. The van der Waals surface area contributed by atoms with E-state index in [2.05, 4.69) is 4.98 Å². The first-order chi connectivity index (χ1) is 9.56. The van der Waals surface area contributed by atoms with Crippen LogP contribution < -0.4 is 10.4 Å². The summed E-state index contributed by atoms with van der Waals surface area (Å²) < 4.78 is 25.0. The number of halogens is 1. The summed E-state index contributed by atoms with van der Waals surface area (Å²) in [6, 6.07) is 0. The normalized spacial score (nSPS) is 25.9. The highest BCUT2D eigenvalue weighted by Crippen LogP contribution is 2.27. The van der Waals surface area contributed by atoms with Crippen LogP contribution >= 0.6 is 0 Å². The molecule has 1 aliphatic heterocycles. The first-order valence-corrected chi connectivity index (χ1v) is 6.42. The van der Waals surface area contributed by atoms with E-state index in [-0.39, 0.29) is 25.5 Å². The molecule has 0 spiro atoms. The molecule has 2 rings (SSSR count). The molecule has 0 radical (unpaired) electrons. The van der Waals surface area contributed by atoms with Gasteiger partial charge in [-0.05, 0) is 6.42 Å². The number of aliphatic hydroxyl groups is 2. The molecule has 2 heterocycles. The van der Waals surface area contributed by atoms with E-state index >= 15 is 0 Å². The van der Waals surface area contributed by atoms with Gasteiger partial charge in [0.15, 0.2) is 0 Å². The van der Waals surface area contributed by atoms with Crippen molar-refractivity contribution in [3.63, 3.8) is 0 Å². The van der Waals surface area contributed by atoms with Gasteiger partial charge in [0.1, 0.15) is 12.3 Å². The lowest BCUT2D eigenvalue weighted by Gasteiger charge is -2.15. The van der Waals surface area contributed by atoms with E-state index < -0.39 is 29.9 Å². The average Bonchev–Trinajstić information content (AvgIpc) is 2.80. The standard InChI is InChI=1S/C12H17FN2O5/c1-2-3-19-11-7(13)5-15(12(18)14-11)10-4-8(17)9(6-16)20-10/h5,8-10,16-17H,2-4,6H2,1H3/t8-,9+,10+/m0/s1. The van der Waals surface area contributed by atoms with E-state index in [4.69, 9.17) is 14.6 Å². The van der Waals surface area contributed by atoms with Crippen molar-refractivity contribution in [3.8, 4) is 5.88 Å². The van der Waals surface area contributed by atoms with Crippen molar-refractivity contribution in [3.05, 3.63) is 22.5 Å². The molecule has 7 nitrogen and oxygen atoms in total. The highest BCUT2D eigenvalue weighted by atomic mass is 19.1. The van der Waals surface area contributed by atoms with Crippen LogP contribution in [0.25, 0.3) is 0 Å². The molecule has 0 bridgehead atoms. The van der Waals surface area contributed by atoms with Crippen molar-refractivity contribution >= 4 is 0 Å². The van der Waals surface area contributed by atoms with Gasteiger partial charge in [-0.25, -0.2) is 4.79 Å². The maximum absolute atomic E-state index is 13.8. The molecule has 0 amide bonds. The highest BCUT2D eigenvalue weighted by Gasteiger charge is 2.35. The Labute approximate surface area is 114 Å². The topological polar surface area (TPSA) is 93.8 Å². The Morgan fingerprint density at radius 3 is 3.00 bits per heavy atom. The number of ether oxygens (including phenoxy) is 2. The number of aromatic nitrogens is 2. The van der Waals surface area contributed by atoms with Crippen LogP contribution in [0.2, 0.25) is 0 Å². The summed E-state index contributed by atoms with van der Waals surface area (Å²) in [5, 5.41) is 18.6. The van der Waals surface area contributed by atoms with E-state index in [1.165, 1.54) is 0 Å². The zero-order valence-electron chi connectivity index (χ0n) is 11.0. The van der Waals surface area contributed by atoms with Crippen LogP contribution in [0.4, 0.5) is 4.39 Å². The van der Waals surface area contributed by atoms with Crippen LogP contribution in [-0.2, 0) is 4.74 Å². The zero-order chi connectivity index (χ0) is 14.7. The van der Waals surface area contributed by atoms with E-state index in [0.29, 0.717) is 6.42 Å². The largest absolute Gasteiger partial charge is 0.475 e. The van der Waals surface area contributed by atoms with Gasteiger partial charge in [-0.2, -0.15) is 9.37 Å². The number of nitrogens with zero attached hydrogens (tertiary/aromatic N) is 2. The van der Waals surface area contributed by atoms with Gasteiger partial charge in [0.25, 0.3) is 5.88 Å². The van der Waals surface area contributed by atoms with E-state index in [1.54, 1.807) is 0 Å². The smallest absolute Gasteiger partial charge is 0.353 e. The molecule has 1 fully saturated rings. The third kappa shape index (κ3) is 2.97. The summed E-state index contributed by atoms with van der Waals surface area (Å²) in [6.45, 7) is 1.74. The molecule has 3 atom stereocenters. The van der Waals surface area contributed by atoms with Gasteiger partial charge < -0.3 is 19.7 Å². The molecule has 1 saturated heterocycles. The molecular formula is C12H17FN2O5. The van der Waals surface area contributed by atoms with Crippen LogP contribution in [0.3, 0.4) is 0 Å². The van der Waals surface area contributed by atoms with Crippen LogP contribution in [0, 0.1) is 5.82 Å². The van der Waals surface area contributed by atoms with Gasteiger partial charge in [0.05, 0.1) is 25.5 Å². The Kier molecular flexibility index (Phi) is 4.69. The van der Waals surface area contributed by atoms with Crippen molar-refractivity contribution in [2.75, 3.05) is 13.2 Å². The fourth-order valence-corrected chi connectivity index (χ4v) is 1.99. The van der Waals surface area contributed by atoms with Crippen LogP contribution in [0.5, 0.6) is 5.88 Å². The third-order valence-electron chi connectivity index (χ3n) is 3.01. The summed E-state index contributed by atoms with van der Waals surface area (Å²) in [4.78, 5) is 15.3. The maximum Gasteiger partial charge on any atom is 0.353 e. The van der Waals surface area contributed by atoms with Crippen LogP contribution in [0.1, 0.15) is 26.0 Å². The second kappa shape index (κ2) is 6.29. The number of rotatable bonds is 5. The first kappa shape index (κ1) is 14.9. The zero-order valence-corrected chi connectivity index (χ0v) is 11.0. The Balaban J connectivity index is 2.21. The summed E-state index contributed by atoms with van der Waals surface area (Å²) >= 11 is 0. The fraction of sp³-hybridized carbons (Fsp3) is 0.667. The predicted octanol–water partition coefficient (Wildman–Crippen LogP) is -0.188. The van der Waals surface area contributed by atoms with Crippen molar-refractivity contribution in [2.45, 2.75) is 38.2 Å². The molecule has 0 saturated carbocycles. The SMILES string of the molecule is CCCOc1nc(=O)n([C@H]2C[C@H](O)[C@@H](CO)O2)cc1F. The minimum absolute atomic E-state index is 0.0847. The summed E-state index contributed by atoms with van der Waals surface area (Å²) in [7, 11) is 0. The second-order valence-electron chi connectivity index (χ2n) is 4.55. The summed E-state index contributed by atoms with van der Waals surface area (Å²) in [6.07, 6.45) is -0.849. The lowest BCUT2D eigenvalue weighted by atomic mass is 10.2. The Hall–Kier alpha value is -1.51. The molecule has 1 aliphatic rings. The summed E-state index contributed by atoms with van der Waals surface area (Å²) in [5.41, 5.74) is -0.728. The number of hydrogen-bond acceptors (Lipinski definition) is 6. The second-order valence-corrected chi connectivity index (χ2v) is 4.55. The van der Waals surface area contributed by atoms with Gasteiger partial charge in [0, 0.05) is 6.42 Å². The number of hydrogen-bond donors (Lipinski definition) is 2. The van der Waals surface area contributed by atoms with Crippen molar-refractivity contribution in [1.29, 1.82) is 0 Å². The van der Waals surface area contributed by atoms with Crippen LogP contribution in [0.15, 0.2) is 11.0 Å². The molecule has 1 aromatic rings. The molecule has 2 N–H and O–H groups in total. The Bertz CT molecular complexity index is 521. The van der Waals surface area contributed by atoms with Gasteiger partial charge >= 0.3 is 5.69 Å². The molecule has 20 heavy (non-hydrogen) atoms. The highest BCUT2D eigenvalue weighted by molar-refractivity contribution is 5.10. The summed E-state index contributed by atoms with van der Waals surface area (Å²) in [5.74, 6) is -1.12. The van der Waals surface area contributed by atoms with Gasteiger partial charge in [-0.15, -0.1) is 0 Å². The quantitative estimate of drug-likeness (QED) is 0.780. The van der Waals surface area contributed by atoms with E-state index in [9.17, 15) is 14.3 Å². The van der Waals surface area contributed by atoms with E-state index in [0.717, 1.165) is 10.8 Å². The Morgan fingerprint density at radius 2 is 2.40 bits per heavy atom. The molecule has 0 unspecified atom stereocenters. The van der Waals surface area contributed by atoms with Crippen molar-refractivity contribution < 1.29 is 24.1 Å². The lowest BCUT2D eigenvalue weighted by molar-refractivity contribution is -0.0462. The van der Waals surface area contributed by atoms with Gasteiger partial charge in [0.2, 0.25) is 5.82 Å². The molecule has 1 aromatic heterocycles. The minimum Gasteiger partial charge on any atom is -0.475 e. The minimum atomic E-state index is -0.907.